The second kappa shape index (κ2) is 14.4. The van der Waals surface area contributed by atoms with Crippen LogP contribution in [0.25, 0.3) is 0 Å². The molecule has 0 atom stereocenters. The Morgan fingerprint density at radius 3 is 2.40 bits per heavy atom. The first kappa shape index (κ1) is 28.4. The summed E-state index contributed by atoms with van der Waals surface area (Å²) in [5.41, 5.74) is 5.06. The fourth-order valence-electron chi connectivity index (χ4n) is 2.62. The highest BCUT2D eigenvalue weighted by molar-refractivity contribution is 7.91. The molecule has 11 heteroatoms. The summed E-state index contributed by atoms with van der Waals surface area (Å²) in [7, 11) is -1.34. The van der Waals surface area contributed by atoms with Gasteiger partial charge >= 0.3 is 0 Å². The van der Waals surface area contributed by atoms with Gasteiger partial charge < -0.3 is 16.2 Å². The number of nitrogens with one attached hydrogen (secondary N) is 1. The maximum Gasteiger partial charge on any atom is 0.207 e. The van der Waals surface area contributed by atoms with Crippen molar-refractivity contribution in [2.75, 3.05) is 44.8 Å². The Morgan fingerprint density at radius 2 is 1.90 bits per heavy atom. The predicted octanol–water partition coefficient (Wildman–Crippen LogP) is -0.0206. The molecule has 1 fully saturated rings. The third kappa shape index (κ3) is 11.6. The van der Waals surface area contributed by atoms with Gasteiger partial charge in [-0.15, -0.1) is 5.10 Å². The van der Waals surface area contributed by atoms with E-state index < -0.39 is 9.84 Å². The molecule has 1 aromatic rings. The van der Waals surface area contributed by atoms with E-state index in [2.05, 4.69) is 40.1 Å². The van der Waals surface area contributed by atoms with E-state index in [0.717, 1.165) is 25.1 Å². The normalized spacial score (nSPS) is 16.1. The summed E-state index contributed by atoms with van der Waals surface area (Å²) in [5, 5.41) is 19.9. The summed E-state index contributed by atoms with van der Waals surface area (Å²) in [5.74, 6) is 1.12. The highest BCUT2D eigenvalue weighted by atomic mass is 32.2. The number of aliphatic hydroxyl groups is 1. The Balaban J connectivity index is 0.000000712. The van der Waals surface area contributed by atoms with Gasteiger partial charge in [-0.1, -0.05) is 19.1 Å². The van der Waals surface area contributed by atoms with Gasteiger partial charge in [-0.25, -0.2) is 13.1 Å². The fourth-order valence-corrected chi connectivity index (χ4v) is 3.90. The predicted molar refractivity (Wildman–Crippen MR) is 119 cm³/mol. The summed E-state index contributed by atoms with van der Waals surface area (Å²) in [6.07, 6.45) is 4.29. The standard InChI is InChI=1S/C12H22N4O3S.C6H13NO.CH5N/c1-12(2,3-6-17)16-10-11(13-14-16)9-15-4-7-20(18,19)8-5-15;1-6(2)3-4-7-5-8;1-2/h10,17H,3-9H2,1-2H3;5-6H,3-4H2,1-2H3,(H,7,8);2H2,1H3. The van der Waals surface area contributed by atoms with E-state index in [1.165, 1.54) is 7.05 Å². The Kier molecular flexibility index (Phi) is 13.7. The van der Waals surface area contributed by atoms with Crippen molar-refractivity contribution in [1.82, 2.24) is 25.2 Å². The number of sulfone groups is 1. The third-order valence-electron chi connectivity index (χ3n) is 4.66. The zero-order chi connectivity index (χ0) is 23.2. The van der Waals surface area contributed by atoms with E-state index in [1.54, 1.807) is 4.68 Å². The van der Waals surface area contributed by atoms with E-state index in [-0.39, 0.29) is 23.7 Å². The first-order valence-electron chi connectivity index (χ1n) is 10.3. The molecule has 0 radical (unpaired) electrons. The lowest BCUT2D eigenvalue weighted by atomic mass is 10.0. The van der Waals surface area contributed by atoms with Gasteiger partial charge in [0, 0.05) is 32.8 Å². The molecule has 0 aliphatic carbocycles. The van der Waals surface area contributed by atoms with E-state index in [9.17, 15) is 13.2 Å². The van der Waals surface area contributed by atoms with Crippen LogP contribution in [0.3, 0.4) is 0 Å². The Morgan fingerprint density at radius 1 is 1.30 bits per heavy atom. The summed E-state index contributed by atoms with van der Waals surface area (Å²) in [4.78, 5) is 11.8. The van der Waals surface area contributed by atoms with Crippen molar-refractivity contribution in [3.63, 3.8) is 0 Å². The van der Waals surface area contributed by atoms with Gasteiger partial charge in [-0.2, -0.15) is 0 Å². The number of hydrogen-bond donors (Lipinski definition) is 3. The molecule has 0 saturated carbocycles. The molecule has 1 aliphatic rings. The van der Waals surface area contributed by atoms with Crippen LogP contribution in [0, 0.1) is 5.92 Å². The number of aliphatic hydroxyl groups excluding tert-OH is 1. The summed E-state index contributed by atoms with van der Waals surface area (Å²) < 4.78 is 24.5. The lowest BCUT2D eigenvalue weighted by Gasteiger charge is -2.25. The van der Waals surface area contributed by atoms with Crippen LogP contribution in [0.2, 0.25) is 0 Å². The van der Waals surface area contributed by atoms with Gasteiger partial charge in [-0.05, 0) is 39.7 Å². The fraction of sp³-hybridized carbons (Fsp3) is 0.842. The molecule has 1 amide bonds. The molecule has 0 aromatic carbocycles. The second-order valence-corrected chi connectivity index (χ2v) is 10.4. The molecule has 2 rings (SSSR count). The smallest absolute Gasteiger partial charge is 0.207 e. The number of hydrogen-bond acceptors (Lipinski definition) is 8. The van der Waals surface area contributed by atoms with Crippen molar-refractivity contribution in [2.24, 2.45) is 11.7 Å². The molecule has 0 bridgehead atoms. The lowest BCUT2D eigenvalue weighted by Crippen LogP contribution is -2.39. The minimum Gasteiger partial charge on any atom is -0.396 e. The van der Waals surface area contributed by atoms with Crippen LogP contribution in [0.15, 0.2) is 6.20 Å². The largest absolute Gasteiger partial charge is 0.396 e. The van der Waals surface area contributed by atoms with Crippen molar-refractivity contribution in [3.05, 3.63) is 11.9 Å². The SMILES string of the molecule is CC(C)(CCO)n1cc(CN2CCS(=O)(=O)CC2)nn1.CC(C)CCNC=O.CN. The van der Waals surface area contributed by atoms with Crippen LogP contribution in [0.4, 0.5) is 0 Å². The molecule has 10 nitrogen and oxygen atoms in total. The number of aromatic nitrogens is 3. The van der Waals surface area contributed by atoms with E-state index in [1.807, 2.05) is 20.0 Å². The van der Waals surface area contributed by atoms with Crippen molar-refractivity contribution < 1.29 is 18.3 Å². The molecule has 30 heavy (non-hydrogen) atoms. The Hall–Kier alpha value is -1.56. The molecule has 1 saturated heterocycles. The maximum atomic E-state index is 11.4. The molecule has 1 aliphatic heterocycles. The van der Waals surface area contributed by atoms with Gasteiger partial charge in [0.2, 0.25) is 6.41 Å². The van der Waals surface area contributed by atoms with Crippen LogP contribution in [0.1, 0.15) is 46.2 Å². The van der Waals surface area contributed by atoms with Crippen LogP contribution >= 0.6 is 0 Å². The van der Waals surface area contributed by atoms with Crippen LogP contribution < -0.4 is 11.1 Å². The summed E-state index contributed by atoms with van der Waals surface area (Å²) in [6, 6.07) is 0. The topological polar surface area (TPSA) is 143 Å². The average molecular weight is 449 g/mol. The minimum atomic E-state index is -2.84. The third-order valence-corrected chi connectivity index (χ3v) is 6.27. The highest BCUT2D eigenvalue weighted by Crippen LogP contribution is 2.18. The molecule has 0 unspecified atom stereocenters. The molecule has 4 N–H and O–H groups in total. The minimum absolute atomic E-state index is 0.103. The zero-order valence-corrected chi connectivity index (χ0v) is 19.9. The average Bonchev–Trinajstić information content (AvgIpc) is 3.15. The van der Waals surface area contributed by atoms with Crippen LogP contribution in [-0.2, 0) is 26.7 Å². The van der Waals surface area contributed by atoms with E-state index >= 15 is 0 Å². The summed E-state index contributed by atoms with van der Waals surface area (Å²) >= 11 is 0. The highest BCUT2D eigenvalue weighted by Gasteiger charge is 2.24. The molecular weight excluding hydrogens is 408 g/mol. The maximum absolute atomic E-state index is 11.4. The monoisotopic (exact) mass is 448 g/mol. The first-order valence-corrected chi connectivity index (χ1v) is 12.1. The van der Waals surface area contributed by atoms with E-state index in [0.29, 0.717) is 32.0 Å². The Bertz CT molecular complexity index is 677. The second-order valence-electron chi connectivity index (χ2n) is 8.12. The van der Waals surface area contributed by atoms with Crippen molar-refractivity contribution >= 4 is 16.2 Å². The van der Waals surface area contributed by atoms with Gasteiger partial charge in [0.1, 0.15) is 0 Å². The number of rotatable bonds is 9. The number of amides is 1. The van der Waals surface area contributed by atoms with E-state index in [4.69, 9.17) is 5.11 Å². The first-order chi connectivity index (χ1) is 14.1. The van der Waals surface area contributed by atoms with Crippen LogP contribution in [-0.4, -0.2) is 84.6 Å². The van der Waals surface area contributed by atoms with Gasteiger partial charge in [0.05, 0.1) is 28.9 Å². The van der Waals surface area contributed by atoms with Crippen LogP contribution in [0.5, 0.6) is 0 Å². The van der Waals surface area contributed by atoms with Gasteiger partial charge in [0.25, 0.3) is 0 Å². The zero-order valence-electron chi connectivity index (χ0n) is 19.0. The lowest BCUT2D eigenvalue weighted by molar-refractivity contribution is -0.109. The van der Waals surface area contributed by atoms with Crippen molar-refractivity contribution in [2.45, 2.75) is 52.6 Å². The number of carbonyl (C=O) groups is 1. The molecule has 0 spiro atoms. The molecule has 176 valence electrons. The number of carbonyl (C=O) groups excluding carboxylic acids is 1. The number of nitrogens with two attached hydrogens (primary N) is 1. The number of nitrogens with zero attached hydrogens (tertiary/aromatic N) is 4. The molecule has 1 aromatic heterocycles. The van der Waals surface area contributed by atoms with Crippen molar-refractivity contribution in [1.29, 1.82) is 0 Å². The summed E-state index contributed by atoms with van der Waals surface area (Å²) in [6.45, 7) is 10.9. The quantitative estimate of drug-likeness (QED) is 0.353. The Labute approximate surface area is 181 Å². The van der Waals surface area contributed by atoms with Crippen molar-refractivity contribution in [3.8, 4) is 0 Å². The molecular formula is C19H40N6O4S. The molecule has 2 heterocycles. The van der Waals surface area contributed by atoms with Gasteiger partial charge in [-0.3, -0.25) is 9.69 Å². The van der Waals surface area contributed by atoms with Gasteiger partial charge in [0.15, 0.2) is 9.84 Å².